The number of hydrogen-bond acceptors (Lipinski definition) is 9. The molecule has 11 heteroatoms. The van der Waals surface area contributed by atoms with Crippen molar-refractivity contribution in [2.45, 2.75) is 40.8 Å². The Hall–Kier alpha value is -4.69. The summed E-state index contributed by atoms with van der Waals surface area (Å²) in [5, 5.41) is 29.4. The van der Waals surface area contributed by atoms with Crippen LogP contribution in [-0.2, 0) is 17.9 Å². The van der Waals surface area contributed by atoms with Gasteiger partial charge in [-0.1, -0.05) is 35.9 Å². The Morgan fingerprint density at radius 3 is 2.45 bits per heavy atom. The molecular formula is C36H40ClN3O7. The van der Waals surface area contributed by atoms with Gasteiger partial charge < -0.3 is 40.2 Å². The summed E-state index contributed by atoms with van der Waals surface area (Å²) in [6.45, 7) is 9.40. The van der Waals surface area contributed by atoms with Crippen LogP contribution >= 0.6 is 11.6 Å². The van der Waals surface area contributed by atoms with Crippen molar-refractivity contribution in [1.82, 2.24) is 5.32 Å². The molecule has 10 nitrogen and oxygen atoms in total. The standard InChI is InChI=1S/C31H30ClN3O4.C5H10O3/c1-19-23(4-3-5-25(19)26-6-7-28-31(20(26)2)37-9-8-36-28)18-39-30-12-29(24(14-34)11-27(30)32)38-17-22-10-21(13-33)15-35-16-22;1-5(2,3-6)4(7)8/h3-7,10-12,15,35H,8-9,14,16-18,34H2,1-2H3;6H,3H2,1-2H3,(H,7,8). The monoisotopic (exact) mass is 661 g/mol. The van der Waals surface area contributed by atoms with Crippen LogP contribution in [0.25, 0.3) is 11.1 Å². The fourth-order valence-electron chi connectivity index (χ4n) is 4.81. The smallest absolute Gasteiger partial charge is 0.311 e. The first kappa shape index (κ1) is 35.2. The maximum atomic E-state index is 10.1. The minimum absolute atomic E-state index is 0.270. The van der Waals surface area contributed by atoms with Gasteiger partial charge in [0.15, 0.2) is 11.5 Å². The van der Waals surface area contributed by atoms with E-state index in [0.29, 0.717) is 55.1 Å². The summed E-state index contributed by atoms with van der Waals surface area (Å²) in [5.74, 6) is 1.73. The lowest BCUT2D eigenvalue weighted by molar-refractivity contribution is -0.148. The van der Waals surface area contributed by atoms with Gasteiger partial charge >= 0.3 is 5.97 Å². The molecular weight excluding hydrogens is 622 g/mol. The zero-order valence-corrected chi connectivity index (χ0v) is 27.7. The zero-order valence-electron chi connectivity index (χ0n) is 27.0. The Labute approximate surface area is 280 Å². The highest BCUT2D eigenvalue weighted by Crippen LogP contribution is 2.41. The van der Waals surface area contributed by atoms with Crippen molar-refractivity contribution in [2.75, 3.05) is 33.0 Å². The molecule has 0 saturated carbocycles. The Morgan fingerprint density at radius 1 is 1.04 bits per heavy atom. The first-order chi connectivity index (χ1) is 22.5. The number of carboxylic acid groups (broad SMARTS) is 1. The predicted octanol–water partition coefficient (Wildman–Crippen LogP) is 5.84. The number of nitriles is 1. The van der Waals surface area contributed by atoms with Crippen molar-refractivity contribution in [1.29, 1.82) is 5.26 Å². The molecule has 2 aliphatic heterocycles. The third-order valence-electron chi connectivity index (χ3n) is 7.87. The SMILES string of the molecule is CC(C)(CO)C(=O)O.Cc1c(COc2cc(OCC3=CC(C#N)=CNC3)c(CN)cc2Cl)cccc1-c1ccc2c(c1C)OCCO2. The average molecular weight is 662 g/mol. The van der Waals surface area contributed by atoms with Crippen LogP contribution in [0, 0.1) is 30.6 Å². The molecule has 0 amide bonds. The maximum Gasteiger partial charge on any atom is 0.311 e. The van der Waals surface area contributed by atoms with Crippen molar-refractivity contribution >= 4 is 17.6 Å². The first-order valence-electron chi connectivity index (χ1n) is 15.1. The van der Waals surface area contributed by atoms with E-state index >= 15 is 0 Å². The van der Waals surface area contributed by atoms with Gasteiger partial charge in [-0.25, -0.2) is 0 Å². The predicted molar refractivity (Wildman–Crippen MR) is 180 cm³/mol. The number of carbonyl (C=O) groups is 1. The third-order valence-corrected chi connectivity index (χ3v) is 8.17. The molecule has 0 unspecified atom stereocenters. The summed E-state index contributed by atoms with van der Waals surface area (Å²) in [6.07, 6.45) is 3.51. The fourth-order valence-corrected chi connectivity index (χ4v) is 5.06. The van der Waals surface area contributed by atoms with Crippen molar-refractivity contribution < 1.29 is 34.0 Å². The number of aliphatic carboxylic acids is 1. The van der Waals surface area contributed by atoms with Gasteiger partial charge in [-0.05, 0) is 73.7 Å². The molecule has 0 spiro atoms. The zero-order chi connectivity index (χ0) is 34.1. The quantitative estimate of drug-likeness (QED) is 0.208. The fraction of sp³-hybridized carbons (Fsp3) is 0.333. The van der Waals surface area contributed by atoms with E-state index in [0.717, 1.165) is 50.5 Å². The summed E-state index contributed by atoms with van der Waals surface area (Å²) in [5.41, 5.74) is 12.7. The molecule has 0 bridgehead atoms. The number of aliphatic hydroxyl groups is 1. The number of nitrogens with zero attached hydrogens (tertiary/aromatic N) is 1. The van der Waals surface area contributed by atoms with Crippen LogP contribution in [0.15, 0.2) is 65.9 Å². The molecule has 0 radical (unpaired) electrons. The van der Waals surface area contributed by atoms with Crippen LogP contribution in [-0.4, -0.2) is 49.2 Å². The molecule has 3 aromatic rings. The lowest BCUT2D eigenvalue weighted by Crippen LogP contribution is -2.27. The van der Waals surface area contributed by atoms with Crippen LogP contribution in [0.4, 0.5) is 0 Å². The van der Waals surface area contributed by atoms with Crippen molar-refractivity contribution in [3.05, 3.63) is 93.2 Å². The van der Waals surface area contributed by atoms with Gasteiger partial charge in [-0.2, -0.15) is 5.26 Å². The van der Waals surface area contributed by atoms with Gasteiger partial charge in [0.25, 0.3) is 0 Å². The van der Waals surface area contributed by atoms with Crippen LogP contribution in [0.5, 0.6) is 23.0 Å². The van der Waals surface area contributed by atoms with Gasteiger partial charge in [-0.15, -0.1) is 0 Å². The van der Waals surface area contributed by atoms with E-state index in [1.165, 1.54) is 13.8 Å². The van der Waals surface area contributed by atoms with Crippen molar-refractivity contribution in [3.63, 3.8) is 0 Å². The van der Waals surface area contributed by atoms with Gasteiger partial charge in [0, 0.05) is 36.5 Å². The molecule has 0 aliphatic carbocycles. The second-order valence-corrected chi connectivity index (χ2v) is 12.2. The van der Waals surface area contributed by atoms with Gasteiger partial charge in [0.1, 0.15) is 44.0 Å². The molecule has 5 rings (SSSR count). The number of carboxylic acids is 1. The molecule has 0 aromatic heterocycles. The number of benzene rings is 3. The summed E-state index contributed by atoms with van der Waals surface area (Å²) < 4.78 is 23.9. The molecule has 0 fully saturated rings. The van der Waals surface area contributed by atoms with E-state index in [2.05, 4.69) is 43.4 Å². The largest absolute Gasteiger partial charge is 0.489 e. The number of dihydropyridines is 1. The number of hydrogen-bond donors (Lipinski definition) is 4. The van der Waals surface area contributed by atoms with Crippen molar-refractivity contribution in [2.24, 2.45) is 11.1 Å². The number of fused-ring (bicyclic) bond motifs is 1. The number of rotatable bonds is 10. The van der Waals surface area contributed by atoms with Crippen LogP contribution in [0.1, 0.15) is 36.1 Å². The minimum atomic E-state index is -0.986. The minimum Gasteiger partial charge on any atom is -0.489 e. The van der Waals surface area contributed by atoms with Gasteiger partial charge in [0.05, 0.1) is 22.6 Å². The van der Waals surface area contributed by atoms with Crippen LogP contribution < -0.4 is 30.0 Å². The number of nitrogens with one attached hydrogen (secondary N) is 1. The number of allylic oxidation sites excluding steroid dienone is 2. The third kappa shape index (κ3) is 8.57. The lowest BCUT2D eigenvalue weighted by Gasteiger charge is -2.22. The van der Waals surface area contributed by atoms with E-state index in [4.69, 9.17) is 51.8 Å². The molecule has 5 N–H and O–H groups in total. The lowest BCUT2D eigenvalue weighted by atomic mass is 9.93. The van der Waals surface area contributed by atoms with E-state index in [-0.39, 0.29) is 13.2 Å². The summed E-state index contributed by atoms with van der Waals surface area (Å²) in [7, 11) is 0. The second kappa shape index (κ2) is 15.7. The molecule has 248 valence electrons. The number of aliphatic hydroxyl groups excluding tert-OH is 1. The highest BCUT2D eigenvalue weighted by atomic mass is 35.5. The normalized spacial score (nSPS) is 13.6. The Bertz CT molecular complexity index is 1730. The summed E-state index contributed by atoms with van der Waals surface area (Å²) in [4.78, 5) is 10.1. The van der Waals surface area contributed by atoms with E-state index in [1.54, 1.807) is 18.3 Å². The number of nitrogens with two attached hydrogens (primary N) is 1. The number of halogens is 1. The molecule has 47 heavy (non-hydrogen) atoms. The highest BCUT2D eigenvalue weighted by Gasteiger charge is 2.25. The molecule has 0 saturated heterocycles. The Kier molecular flexibility index (Phi) is 11.8. The van der Waals surface area contributed by atoms with Crippen LogP contribution in [0.3, 0.4) is 0 Å². The Morgan fingerprint density at radius 2 is 1.77 bits per heavy atom. The second-order valence-electron chi connectivity index (χ2n) is 11.8. The van der Waals surface area contributed by atoms with E-state index in [1.807, 2.05) is 18.2 Å². The van der Waals surface area contributed by atoms with Gasteiger partial charge in [-0.3, -0.25) is 4.79 Å². The molecule has 0 atom stereocenters. The highest BCUT2D eigenvalue weighted by molar-refractivity contribution is 6.32. The van der Waals surface area contributed by atoms with Crippen LogP contribution in [0.2, 0.25) is 5.02 Å². The summed E-state index contributed by atoms with van der Waals surface area (Å²) >= 11 is 6.56. The first-order valence-corrected chi connectivity index (χ1v) is 15.5. The van der Waals surface area contributed by atoms with E-state index in [9.17, 15) is 4.79 Å². The molecule has 2 heterocycles. The molecule has 3 aromatic carbocycles. The number of ether oxygens (including phenoxy) is 4. The molecule has 2 aliphatic rings. The summed E-state index contributed by atoms with van der Waals surface area (Å²) in [6, 6.07) is 15.9. The van der Waals surface area contributed by atoms with Crippen molar-refractivity contribution in [3.8, 4) is 40.2 Å². The van der Waals surface area contributed by atoms with Gasteiger partial charge in [0.2, 0.25) is 0 Å². The van der Waals surface area contributed by atoms with E-state index < -0.39 is 11.4 Å². The topological polar surface area (TPSA) is 156 Å². The maximum absolute atomic E-state index is 10.1. The average Bonchev–Trinajstić information content (AvgIpc) is 3.08. The Balaban J connectivity index is 0.000000555.